The zero-order valence-electron chi connectivity index (χ0n) is 12.8. The molecule has 0 amide bonds. The Morgan fingerprint density at radius 1 is 1.33 bits per heavy atom. The van der Waals surface area contributed by atoms with Crippen LogP contribution in [0.15, 0.2) is 36.7 Å². The fourth-order valence-corrected chi connectivity index (χ4v) is 2.50. The molecule has 1 aromatic carbocycles. The molecule has 0 saturated carbocycles. The molecule has 21 heavy (non-hydrogen) atoms. The lowest BCUT2D eigenvalue weighted by Gasteiger charge is -2.18. The van der Waals surface area contributed by atoms with E-state index in [0.717, 1.165) is 37.8 Å². The number of hydrogen-bond donors (Lipinski definition) is 1. The van der Waals surface area contributed by atoms with Crippen molar-refractivity contribution >= 4 is 0 Å². The Labute approximate surface area is 126 Å². The predicted octanol–water partition coefficient (Wildman–Crippen LogP) is 3.10. The Morgan fingerprint density at radius 3 is 2.81 bits per heavy atom. The van der Waals surface area contributed by atoms with Gasteiger partial charge in [-0.25, -0.2) is 4.39 Å². The largest absolute Gasteiger partial charge is 0.314 e. The first-order valence-electron chi connectivity index (χ1n) is 7.63. The fraction of sp³-hybridized carbons (Fsp3) is 0.471. The Morgan fingerprint density at radius 2 is 2.14 bits per heavy atom. The van der Waals surface area contributed by atoms with E-state index in [1.165, 1.54) is 11.6 Å². The van der Waals surface area contributed by atoms with Crippen LogP contribution in [-0.4, -0.2) is 22.4 Å². The van der Waals surface area contributed by atoms with Crippen LogP contribution < -0.4 is 5.32 Å². The van der Waals surface area contributed by atoms with E-state index in [0.29, 0.717) is 6.04 Å². The third kappa shape index (κ3) is 4.97. The van der Waals surface area contributed by atoms with Crippen LogP contribution in [0.1, 0.15) is 30.9 Å². The van der Waals surface area contributed by atoms with Crippen molar-refractivity contribution in [3.63, 3.8) is 0 Å². The summed E-state index contributed by atoms with van der Waals surface area (Å²) < 4.78 is 15.6. The molecule has 0 aliphatic carbocycles. The summed E-state index contributed by atoms with van der Waals surface area (Å²) in [5.41, 5.74) is 2.02. The van der Waals surface area contributed by atoms with Crippen molar-refractivity contribution in [3.8, 4) is 0 Å². The van der Waals surface area contributed by atoms with Gasteiger partial charge in [-0.05, 0) is 49.4 Å². The van der Waals surface area contributed by atoms with Gasteiger partial charge in [-0.3, -0.25) is 4.68 Å². The summed E-state index contributed by atoms with van der Waals surface area (Å²) in [5.74, 6) is -0.109. The maximum absolute atomic E-state index is 13.8. The van der Waals surface area contributed by atoms with Gasteiger partial charge in [0.15, 0.2) is 0 Å². The van der Waals surface area contributed by atoms with E-state index in [9.17, 15) is 4.39 Å². The van der Waals surface area contributed by atoms with Crippen molar-refractivity contribution in [3.05, 3.63) is 53.6 Å². The van der Waals surface area contributed by atoms with Crippen LogP contribution in [0.5, 0.6) is 0 Å². The molecule has 1 N–H and O–H groups in total. The number of nitrogens with zero attached hydrogens (tertiary/aromatic N) is 2. The normalized spacial score (nSPS) is 12.5. The standard InChI is InChI=1S/C17H24FN3/c1-3-10-19-16(9-8-14-12-20-21(2)13-14)11-15-6-4-5-7-17(15)18/h4-7,12-13,16,19H,3,8-11H2,1-2H3. The van der Waals surface area contributed by atoms with E-state index in [2.05, 4.69) is 17.3 Å². The number of rotatable bonds is 8. The average Bonchev–Trinajstić information content (AvgIpc) is 2.89. The fourth-order valence-electron chi connectivity index (χ4n) is 2.50. The molecule has 0 aliphatic heterocycles. The van der Waals surface area contributed by atoms with E-state index in [-0.39, 0.29) is 5.82 Å². The highest BCUT2D eigenvalue weighted by Gasteiger charge is 2.12. The molecule has 0 spiro atoms. The monoisotopic (exact) mass is 289 g/mol. The van der Waals surface area contributed by atoms with Gasteiger partial charge in [0.05, 0.1) is 6.20 Å². The molecule has 114 valence electrons. The lowest BCUT2D eigenvalue weighted by atomic mass is 9.99. The maximum atomic E-state index is 13.8. The van der Waals surface area contributed by atoms with Gasteiger partial charge in [-0.1, -0.05) is 25.1 Å². The number of benzene rings is 1. The Hall–Kier alpha value is -1.68. The van der Waals surface area contributed by atoms with Gasteiger partial charge >= 0.3 is 0 Å². The highest BCUT2D eigenvalue weighted by atomic mass is 19.1. The minimum Gasteiger partial charge on any atom is -0.314 e. The minimum atomic E-state index is -0.109. The molecular weight excluding hydrogens is 265 g/mol. The average molecular weight is 289 g/mol. The second-order valence-electron chi connectivity index (χ2n) is 5.51. The Kier molecular flexibility index (Phi) is 5.93. The van der Waals surface area contributed by atoms with Crippen molar-refractivity contribution in [2.45, 2.75) is 38.6 Å². The molecule has 2 aromatic rings. The van der Waals surface area contributed by atoms with Crippen molar-refractivity contribution in [1.29, 1.82) is 0 Å². The Bertz CT molecular complexity index is 550. The van der Waals surface area contributed by atoms with Crippen LogP contribution in [0.3, 0.4) is 0 Å². The number of aromatic nitrogens is 2. The molecule has 0 radical (unpaired) electrons. The van der Waals surface area contributed by atoms with Gasteiger partial charge in [0.25, 0.3) is 0 Å². The van der Waals surface area contributed by atoms with E-state index < -0.39 is 0 Å². The summed E-state index contributed by atoms with van der Waals surface area (Å²) in [6, 6.07) is 7.34. The van der Waals surface area contributed by atoms with E-state index in [1.807, 2.05) is 36.3 Å². The molecule has 4 heteroatoms. The number of aryl methyl sites for hydroxylation is 2. The first kappa shape index (κ1) is 15.7. The highest BCUT2D eigenvalue weighted by Crippen LogP contribution is 2.13. The third-order valence-electron chi connectivity index (χ3n) is 3.65. The topological polar surface area (TPSA) is 29.9 Å². The van der Waals surface area contributed by atoms with Gasteiger partial charge in [-0.15, -0.1) is 0 Å². The third-order valence-corrected chi connectivity index (χ3v) is 3.65. The summed E-state index contributed by atoms with van der Waals surface area (Å²) in [5, 5.41) is 7.72. The smallest absolute Gasteiger partial charge is 0.126 e. The molecule has 0 saturated heterocycles. The zero-order valence-corrected chi connectivity index (χ0v) is 12.8. The summed E-state index contributed by atoms with van der Waals surface area (Å²) >= 11 is 0. The Balaban J connectivity index is 1.95. The summed E-state index contributed by atoms with van der Waals surface area (Å²) in [6.07, 6.45) is 7.71. The highest BCUT2D eigenvalue weighted by molar-refractivity contribution is 5.18. The lowest BCUT2D eigenvalue weighted by molar-refractivity contribution is 0.468. The molecule has 0 fully saturated rings. The molecule has 0 aliphatic rings. The van der Waals surface area contributed by atoms with E-state index in [4.69, 9.17) is 0 Å². The molecule has 1 heterocycles. The van der Waals surface area contributed by atoms with Crippen molar-refractivity contribution in [2.75, 3.05) is 6.54 Å². The van der Waals surface area contributed by atoms with Crippen molar-refractivity contribution in [1.82, 2.24) is 15.1 Å². The first-order chi connectivity index (χ1) is 10.2. The van der Waals surface area contributed by atoms with E-state index >= 15 is 0 Å². The van der Waals surface area contributed by atoms with Gasteiger partial charge in [0.1, 0.15) is 5.82 Å². The second kappa shape index (κ2) is 7.93. The number of hydrogen-bond acceptors (Lipinski definition) is 2. The van der Waals surface area contributed by atoms with Crippen LogP contribution >= 0.6 is 0 Å². The van der Waals surface area contributed by atoms with Gasteiger partial charge < -0.3 is 5.32 Å². The van der Waals surface area contributed by atoms with Crippen molar-refractivity contribution in [2.24, 2.45) is 7.05 Å². The molecule has 2 rings (SSSR count). The summed E-state index contributed by atoms with van der Waals surface area (Å²) in [6.45, 7) is 3.11. The summed E-state index contributed by atoms with van der Waals surface area (Å²) in [4.78, 5) is 0. The van der Waals surface area contributed by atoms with Crippen LogP contribution in [0, 0.1) is 5.82 Å². The predicted molar refractivity (Wildman–Crippen MR) is 83.7 cm³/mol. The second-order valence-corrected chi connectivity index (χ2v) is 5.51. The SMILES string of the molecule is CCCNC(CCc1cnn(C)c1)Cc1ccccc1F. The van der Waals surface area contributed by atoms with Crippen LogP contribution in [-0.2, 0) is 19.9 Å². The number of halogens is 1. The van der Waals surface area contributed by atoms with Gasteiger partial charge in [0.2, 0.25) is 0 Å². The summed E-state index contributed by atoms with van der Waals surface area (Å²) in [7, 11) is 1.93. The van der Waals surface area contributed by atoms with Crippen LogP contribution in [0.25, 0.3) is 0 Å². The molecule has 3 nitrogen and oxygen atoms in total. The van der Waals surface area contributed by atoms with Gasteiger partial charge in [-0.2, -0.15) is 5.10 Å². The molecule has 0 bridgehead atoms. The quantitative estimate of drug-likeness (QED) is 0.809. The van der Waals surface area contributed by atoms with E-state index in [1.54, 1.807) is 6.07 Å². The maximum Gasteiger partial charge on any atom is 0.126 e. The molecule has 1 aromatic heterocycles. The first-order valence-corrected chi connectivity index (χ1v) is 7.63. The van der Waals surface area contributed by atoms with Crippen LogP contribution in [0.2, 0.25) is 0 Å². The zero-order chi connectivity index (χ0) is 15.1. The van der Waals surface area contributed by atoms with Crippen molar-refractivity contribution < 1.29 is 4.39 Å². The number of nitrogens with one attached hydrogen (secondary N) is 1. The lowest BCUT2D eigenvalue weighted by Crippen LogP contribution is -2.32. The van der Waals surface area contributed by atoms with Crippen LogP contribution in [0.4, 0.5) is 4.39 Å². The molecular formula is C17H24FN3. The minimum absolute atomic E-state index is 0.109. The van der Waals surface area contributed by atoms with Gasteiger partial charge in [0, 0.05) is 19.3 Å². The molecule has 1 atom stereocenters. The molecule has 1 unspecified atom stereocenters.